The molecule has 1 heterocycles. The molecule has 4 nitrogen and oxygen atoms in total. The highest BCUT2D eigenvalue weighted by Gasteiger charge is 2.38. The average molecular weight is 242 g/mol. The van der Waals surface area contributed by atoms with Gasteiger partial charge in [-0.25, -0.2) is 0 Å². The van der Waals surface area contributed by atoms with Crippen molar-refractivity contribution in [1.82, 2.24) is 10.6 Å². The van der Waals surface area contributed by atoms with Gasteiger partial charge < -0.3 is 10.1 Å². The number of nitrogens with one attached hydrogen (secondary N) is 2. The van der Waals surface area contributed by atoms with Gasteiger partial charge in [-0.3, -0.25) is 10.1 Å². The van der Waals surface area contributed by atoms with Crippen molar-refractivity contribution in [1.29, 1.82) is 0 Å². The zero-order valence-electron chi connectivity index (χ0n) is 11.7. The lowest BCUT2D eigenvalue weighted by Crippen LogP contribution is -2.56. The van der Waals surface area contributed by atoms with Crippen LogP contribution in [-0.2, 0) is 9.53 Å². The van der Waals surface area contributed by atoms with Crippen LogP contribution in [0.15, 0.2) is 0 Å². The van der Waals surface area contributed by atoms with Crippen molar-refractivity contribution in [2.75, 3.05) is 6.61 Å². The van der Waals surface area contributed by atoms with Crippen LogP contribution in [0.25, 0.3) is 0 Å². The van der Waals surface area contributed by atoms with E-state index in [-0.39, 0.29) is 29.6 Å². The Morgan fingerprint density at radius 1 is 1.53 bits per heavy atom. The van der Waals surface area contributed by atoms with Crippen LogP contribution in [0, 0.1) is 0 Å². The highest BCUT2D eigenvalue weighted by molar-refractivity contribution is 5.81. The Balaban J connectivity index is 2.48. The fourth-order valence-corrected chi connectivity index (χ4v) is 2.05. The van der Waals surface area contributed by atoms with Crippen molar-refractivity contribution in [3.05, 3.63) is 0 Å². The highest BCUT2D eigenvalue weighted by atomic mass is 16.5. The molecule has 4 heteroatoms. The zero-order valence-corrected chi connectivity index (χ0v) is 11.7. The Labute approximate surface area is 104 Å². The predicted octanol–water partition coefficient (Wildman–Crippen LogP) is 1.45. The standard InChI is InChI=1S/C13H26N2O2/c1-6-9(2)14-12(16)10(3)15-13(5)7-8-17-11(13)4/h9-11,15H,6-8H2,1-5H3,(H,14,16). The van der Waals surface area contributed by atoms with Crippen LogP contribution < -0.4 is 10.6 Å². The summed E-state index contributed by atoms with van der Waals surface area (Å²) >= 11 is 0. The van der Waals surface area contributed by atoms with Crippen LogP contribution in [0.3, 0.4) is 0 Å². The first kappa shape index (κ1) is 14.5. The van der Waals surface area contributed by atoms with E-state index in [2.05, 4.69) is 31.4 Å². The van der Waals surface area contributed by atoms with Crippen LogP contribution in [0.5, 0.6) is 0 Å². The Morgan fingerprint density at radius 3 is 2.65 bits per heavy atom. The summed E-state index contributed by atoms with van der Waals surface area (Å²) in [6.45, 7) is 10.9. The summed E-state index contributed by atoms with van der Waals surface area (Å²) in [4.78, 5) is 11.9. The highest BCUT2D eigenvalue weighted by Crippen LogP contribution is 2.25. The minimum atomic E-state index is -0.182. The molecule has 2 N–H and O–H groups in total. The molecule has 0 aromatic rings. The summed E-state index contributed by atoms with van der Waals surface area (Å²) in [5.74, 6) is 0.0691. The number of rotatable bonds is 5. The minimum absolute atomic E-state index is 0.0691. The van der Waals surface area contributed by atoms with Gasteiger partial charge in [0.2, 0.25) is 5.91 Å². The van der Waals surface area contributed by atoms with Gasteiger partial charge in [0, 0.05) is 18.2 Å². The first-order valence-electron chi connectivity index (χ1n) is 6.58. The number of carbonyl (C=O) groups is 1. The molecular formula is C13H26N2O2. The fraction of sp³-hybridized carbons (Fsp3) is 0.923. The molecule has 1 saturated heterocycles. The second-order valence-corrected chi connectivity index (χ2v) is 5.36. The van der Waals surface area contributed by atoms with Crippen molar-refractivity contribution in [2.45, 2.75) is 71.2 Å². The number of amides is 1. The Hall–Kier alpha value is -0.610. The number of hydrogen-bond donors (Lipinski definition) is 2. The van der Waals surface area contributed by atoms with E-state index in [4.69, 9.17) is 4.74 Å². The van der Waals surface area contributed by atoms with E-state index in [9.17, 15) is 4.79 Å². The molecule has 0 spiro atoms. The fourth-order valence-electron chi connectivity index (χ4n) is 2.05. The molecule has 100 valence electrons. The minimum Gasteiger partial charge on any atom is -0.377 e. The monoisotopic (exact) mass is 242 g/mol. The lowest BCUT2D eigenvalue weighted by Gasteiger charge is -2.32. The Bertz CT molecular complexity index is 270. The zero-order chi connectivity index (χ0) is 13.1. The number of ether oxygens (including phenoxy) is 1. The van der Waals surface area contributed by atoms with E-state index in [0.717, 1.165) is 19.4 Å². The van der Waals surface area contributed by atoms with Crippen LogP contribution in [0.2, 0.25) is 0 Å². The quantitative estimate of drug-likeness (QED) is 0.767. The van der Waals surface area contributed by atoms with Crippen molar-refractivity contribution < 1.29 is 9.53 Å². The van der Waals surface area contributed by atoms with Gasteiger partial charge in [-0.2, -0.15) is 0 Å². The van der Waals surface area contributed by atoms with Gasteiger partial charge in [0.25, 0.3) is 0 Å². The summed E-state index contributed by atoms with van der Waals surface area (Å²) in [5, 5.41) is 6.39. The molecule has 0 bridgehead atoms. The second kappa shape index (κ2) is 5.83. The first-order chi connectivity index (χ1) is 7.89. The largest absolute Gasteiger partial charge is 0.377 e. The van der Waals surface area contributed by atoms with E-state index in [1.165, 1.54) is 0 Å². The van der Waals surface area contributed by atoms with Gasteiger partial charge in [-0.1, -0.05) is 6.92 Å². The average Bonchev–Trinajstić information content (AvgIpc) is 2.58. The Kier molecular flexibility index (Phi) is 4.95. The molecule has 1 amide bonds. The normalized spacial score (nSPS) is 32.2. The maximum atomic E-state index is 11.9. The first-order valence-corrected chi connectivity index (χ1v) is 6.58. The van der Waals surface area contributed by atoms with Gasteiger partial charge >= 0.3 is 0 Å². The summed E-state index contributed by atoms with van der Waals surface area (Å²) in [6.07, 6.45) is 2.06. The molecular weight excluding hydrogens is 216 g/mol. The lowest BCUT2D eigenvalue weighted by atomic mass is 9.93. The molecule has 1 aliphatic heterocycles. The van der Waals surface area contributed by atoms with Crippen LogP contribution in [0.1, 0.15) is 47.5 Å². The molecule has 1 aliphatic rings. The van der Waals surface area contributed by atoms with Gasteiger partial charge in [-0.05, 0) is 40.5 Å². The van der Waals surface area contributed by atoms with E-state index in [0.29, 0.717) is 0 Å². The summed E-state index contributed by atoms with van der Waals surface area (Å²) in [5.41, 5.74) is -0.0911. The van der Waals surface area contributed by atoms with E-state index in [1.807, 2.05) is 13.8 Å². The van der Waals surface area contributed by atoms with Gasteiger partial charge in [0.1, 0.15) is 0 Å². The maximum absolute atomic E-state index is 11.9. The molecule has 0 radical (unpaired) electrons. The molecule has 0 aliphatic carbocycles. The van der Waals surface area contributed by atoms with Crippen LogP contribution >= 0.6 is 0 Å². The van der Waals surface area contributed by atoms with Crippen molar-refractivity contribution in [3.63, 3.8) is 0 Å². The SMILES string of the molecule is CCC(C)NC(=O)C(C)NC1(C)CCOC1C. The third kappa shape index (κ3) is 3.68. The summed E-state index contributed by atoms with van der Waals surface area (Å²) in [7, 11) is 0. The van der Waals surface area contributed by atoms with E-state index >= 15 is 0 Å². The van der Waals surface area contributed by atoms with Gasteiger partial charge in [-0.15, -0.1) is 0 Å². The summed E-state index contributed by atoms with van der Waals surface area (Å²) in [6, 6.07) is 0.0509. The smallest absolute Gasteiger partial charge is 0.237 e. The molecule has 1 rings (SSSR count). The second-order valence-electron chi connectivity index (χ2n) is 5.36. The molecule has 1 fully saturated rings. The number of hydrogen-bond acceptors (Lipinski definition) is 3. The summed E-state index contributed by atoms with van der Waals surface area (Å²) < 4.78 is 5.56. The van der Waals surface area contributed by atoms with E-state index < -0.39 is 0 Å². The molecule has 4 atom stereocenters. The van der Waals surface area contributed by atoms with Gasteiger partial charge in [0.15, 0.2) is 0 Å². The van der Waals surface area contributed by atoms with Crippen molar-refractivity contribution >= 4 is 5.91 Å². The van der Waals surface area contributed by atoms with Crippen molar-refractivity contribution in [3.8, 4) is 0 Å². The van der Waals surface area contributed by atoms with Crippen LogP contribution in [-0.4, -0.2) is 36.2 Å². The van der Waals surface area contributed by atoms with E-state index in [1.54, 1.807) is 0 Å². The lowest BCUT2D eigenvalue weighted by molar-refractivity contribution is -0.124. The van der Waals surface area contributed by atoms with Crippen molar-refractivity contribution in [2.24, 2.45) is 0 Å². The predicted molar refractivity (Wildman–Crippen MR) is 68.9 cm³/mol. The third-order valence-corrected chi connectivity index (χ3v) is 3.83. The topological polar surface area (TPSA) is 50.4 Å². The Morgan fingerprint density at radius 2 is 2.18 bits per heavy atom. The van der Waals surface area contributed by atoms with Gasteiger partial charge in [0.05, 0.1) is 12.1 Å². The number of carbonyl (C=O) groups excluding carboxylic acids is 1. The maximum Gasteiger partial charge on any atom is 0.237 e. The molecule has 0 aromatic heterocycles. The molecule has 0 saturated carbocycles. The molecule has 0 aromatic carbocycles. The molecule has 4 unspecified atom stereocenters. The van der Waals surface area contributed by atoms with Crippen LogP contribution in [0.4, 0.5) is 0 Å². The molecule has 17 heavy (non-hydrogen) atoms. The third-order valence-electron chi connectivity index (χ3n) is 3.83.